The number of primary sulfonamides is 1. The SMILES string of the molecule is NC/C=C1/CCCN(c2ccc(S(=O)(=O)NCC(O)CN)c(S(N)(=O)=O)c2-c2nn[nH]n2)C1. The van der Waals surface area contributed by atoms with Gasteiger partial charge in [-0.1, -0.05) is 11.6 Å². The fraction of sp³-hybridized carbons (Fsp3) is 0.471. The second-order valence-electron chi connectivity index (χ2n) is 7.43. The van der Waals surface area contributed by atoms with E-state index in [4.69, 9.17) is 16.6 Å². The number of nitrogens with one attached hydrogen (secondary N) is 2. The first-order chi connectivity index (χ1) is 15.6. The zero-order chi connectivity index (χ0) is 24.2. The highest BCUT2D eigenvalue weighted by molar-refractivity contribution is 7.92. The molecule has 33 heavy (non-hydrogen) atoms. The van der Waals surface area contributed by atoms with E-state index in [1.54, 1.807) is 0 Å². The van der Waals surface area contributed by atoms with Gasteiger partial charge >= 0.3 is 0 Å². The maximum Gasteiger partial charge on any atom is 0.242 e. The Bertz CT molecular complexity index is 1210. The number of hydrogen-bond acceptors (Lipinski definition) is 11. The van der Waals surface area contributed by atoms with E-state index < -0.39 is 42.5 Å². The highest BCUT2D eigenvalue weighted by Gasteiger charge is 2.33. The maximum absolute atomic E-state index is 13.0. The Morgan fingerprint density at radius 3 is 2.64 bits per heavy atom. The predicted molar refractivity (Wildman–Crippen MR) is 120 cm³/mol. The lowest BCUT2D eigenvalue weighted by Gasteiger charge is -2.32. The Morgan fingerprint density at radius 2 is 2.03 bits per heavy atom. The molecule has 0 aliphatic carbocycles. The highest BCUT2D eigenvalue weighted by atomic mass is 32.2. The van der Waals surface area contributed by atoms with Gasteiger partial charge in [-0.2, -0.15) is 5.21 Å². The van der Waals surface area contributed by atoms with Crippen molar-refractivity contribution in [3.05, 3.63) is 23.8 Å². The van der Waals surface area contributed by atoms with Crippen LogP contribution in [0.4, 0.5) is 5.69 Å². The van der Waals surface area contributed by atoms with Crippen molar-refractivity contribution in [1.29, 1.82) is 0 Å². The summed E-state index contributed by atoms with van der Waals surface area (Å²) in [7, 11) is -9.01. The average molecular weight is 502 g/mol. The Labute approximate surface area is 191 Å². The molecule has 0 spiro atoms. The van der Waals surface area contributed by atoms with E-state index in [-0.39, 0.29) is 17.9 Å². The lowest BCUT2D eigenvalue weighted by Crippen LogP contribution is -2.37. The minimum atomic E-state index is -4.59. The van der Waals surface area contributed by atoms with Gasteiger partial charge < -0.3 is 21.5 Å². The minimum absolute atomic E-state index is 0.0949. The van der Waals surface area contributed by atoms with Crippen LogP contribution >= 0.6 is 0 Å². The number of H-pyrrole nitrogens is 1. The smallest absolute Gasteiger partial charge is 0.242 e. The molecule has 0 amide bonds. The van der Waals surface area contributed by atoms with Crippen molar-refractivity contribution in [2.24, 2.45) is 16.6 Å². The van der Waals surface area contributed by atoms with E-state index >= 15 is 0 Å². The zero-order valence-corrected chi connectivity index (χ0v) is 19.3. The van der Waals surface area contributed by atoms with Crippen molar-refractivity contribution in [3.63, 3.8) is 0 Å². The van der Waals surface area contributed by atoms with Crippen molar-refractivity contribution in [2.45, 2.75) is 28.7 Å². The number of aliphatic hydroxyl groups is 1. The third kappa shape index (κ3) is 5.72. The third-order valence-electron chi connectivity index (χ3n) is 5.09. The highest BCUT2D eigenvalue weighted by Crippen LogP contribution is 2.39. The van der Waals surface area contributed by atoms with Crippen LogP contribution in [-0.2, 0) is 20.0 Å². The predicted octanol–water partition coefficient (Wildman–Crippen LogP) is -2.40. The molecule has 1 aromatic carbocycles. The molecule has 1 atom stereocenters. The van der Waals surface area contributed by atoms with Crippen molar-refractivity contribution in [1.82, 2.24) is 25.3 Å². The number of aromatic nitrogens is 4. The number of nitrogens with zero attached hydrogens (tertiary/aromatic N) is 4. The maximum atomic E-state index is 13.0. The summed E-state index contributed by atoms with van der Waals surface area (Å²) < 4.78 is 53.5. The number of rotatable bonds is 9. The van der Waals surface area contributed by atoms with Gasteiger partial charge in [-0.3, -0.25) is 0 Å². The molecule has 9 N–H and O–H groups in total. The van der Waals surface area contributed by atoms with E-state index in [9.17, 15) is 21.9 Å². The third-order valence-corrected chi connectivity index (χ3v) is 7.68. The number of hydrogen-bond donors (Lipinski definition) is 6. The molecule has 16 heteroatoms. The largest absolute Gasteiger partial charge is 0.390 e. The van der Waals surface area contributed by atoms with Crippen LogP contribution in [0.1, 0.15) is 12.8 Å². The summed E-state index contributed by atoms with van der Waals surface area (Å²) in [5, 5.41) is 28.6. The summed E-state index contributed by atoms with van der Waals surface area (Å²) >= 11 is 0. The monoisotopic (exact) mass is 501 g/mol. The van der Waals surface area contributed by atoms with Gasteiger partial charge in [0, 0.05) is 38.4 Å². The summed E-state index contributed by atoms with van der Waals surface area (Å²) in [4.78, 5) is 0.603. The number of benzene rings is 1. The molecule has 0 bridgehead atoms. The van der Waals surface area contributed by atoms with Gasteiger partial charge in [0.15, 0.2) is 0 Å². The molecule has 14 nitrogen and oxygen atoms in total. The molecule has 1 aromatic heterocycles. The molecule has 2 aromatic rings. The summed E-state index contributed by atoms with van der Waals surface area (Å²) in [6, 6.07) is 2.62. The number of anilines is 1. The average Bonchev–Trinajstić information content (AvgIpc) is 3.31. The second-order valence-corrected chi connectivity index (χ2v) is 10.7. The standard InChI is InChI=1S/C17H27N9O5S2/c18-6-5-11-2-1-7-26(10-11)13-3-4-14(33(30,31)21-9-12(27)8-19)16(32(20,28)29)15(13)17-22-24-25-23-17/h3-5,12,21,27H,1-2,6-10,18-19H2,(H2,20,28,29)(H,22,23,24,25)/b11-5-. The number of tetrazole rings is 1. The Hall–Kier alpha value is -2.47. The van der Waals surface area contributed by atoms with E-state index in [1.807, 2.05) is 11.0 Å². The van der Waals surface area contributed by atoms with Gasteiger partial charge in [-0.25, -0.2) is 26.7 Å². The van der Waals surface area contributed by atoms with Gasteiger partial charge in [-0.05, 0) is 30.2 Å². The normalized spacial score (nSPS) is 17.5. The van der Waals surface area contributed by atoms with Crippen molar-refractivity contribution < 1.29 is 21.9 Å². The molecule has 1 unspecified atom stereocenters. The number of aliphatic hydroxyl groups excluding tert-OH is 1. The Kier molecular flexibility index (Phi) is 7.78. The molecule has 1 aliphatic rings. The van der Waals surface area contributed by atoms with Gasteiger partial charge in [0.2, 0.25) is 25.9 Å². The van der Waals surface area contributed by atoms with Crippen LogP contribution in [0.5, 0.6) is 0 Å². The quantitative estimate of drug-likeness (QED) is 0.198. The lowest BCUT2D eigenvalue weighted by atomic mass is 10.0. The zero-order valence-electron chi connectivity index (χ0n) is 17.7. The molecule has 0 radical (unpaired) electrons. The van der Waals surface area contributed by atoms with Gasteiger partial charge in [0.25, 0.3) is 0 Å². The molecule has 1 saturated heterocycles. The molecule has 182 valence electrons. The number of nitrogens with two attached hydrogens (primary N) is 3. The Morgan fingerprint density at radius 1 is 1.27 bits per heavy atom. The van der Waals surface area contributed by atoms with E-state index in [0.717, 1.165) is 24.5 Å². The van der Waals surface area contributed by atoms with Gasteiger partial charge in [0.05, 0.1) is 11.7 Å². The summed E-state index contributed by atoms with van der Waals surface area (Å²) in [5.74, 6) is -0.136. The molecule has 0 saturated carbocycles. The lowest BCUT2D eigenvalue weighted by molar-refractivity contribution is 0.186. The van der Waals surface area contributed by atoms with Crippen molar-refractivity contribution in [3.8, 4) is 11.4 Å². The molecular weight excluding hydrogens is 474 g/mol. The van der Waals surface area contributed by atoms with Crippen LogP contribution in [0.2, 0.25) is 0 Å². The number of aromatic amines is 1. The number of piperidine rings is 1. The molecule has 1 fully saturated rings. The van der Waals surface area contributed by atoms with E-state index in [2.05, 4.69) is 25.3 Å². The van der Waals surface area contributed by atoms with Crippen molar-refractivity contribution in [2.75, 3.05) is 37.6 Å². The van der Waals surface area contributed by atoms with E-state index in [1.165, 1.54) is 6.07 Å². The molecular formula is C17H27N9O5S2. The molecule has 2 heterocycles. The molecule has 3 rings (SSSR count). The van der Waals surface area contributed by atoms with Gasteiger partial charge in [0.1, 0.15) is 9.79 Å². The fourth-order valence-corrected chi connectivity index (χ4v) is 6.27. The summed E-state index contributed by atoms with van der Waals surface area (Å²) in [6.45, 7) is 0.788. The fourth-order valence-electron chi connectivity index (χ4n) is 3.60. The first-order valence-corrected chi connectivity index (χ1v) is 13.1. The van der Waals surface area contributed by atoms with Crippen LogP contribution < -0.4 is 26.2 Å². The first-order valence-electron chi connectivity index (χ1n) is 10.0. The second kappa shape index (κ2) is 10.2. The van der Waals surface area contributed by atoms with Gasteiger partial charge in [-0.15, -0.1) is 10.2 Å². The van der Waals surface area contributed by atoms with E-state index in [0.29, 0.717) is 25.3 Å². The van der Waals surface area contributed by atoms with Crippen molar-refractivity contribution >= 4 is 25.7 Å². The first kappa shape index (κ1) is 25.2. The van der Waals surface area contributed by atoms with Crippen LogP contribution in [-0.4, -0.2) is 81.4 Å². The minimum Gasteiger partial charge on any atom is -0.390 e. The van der Waals surface area contributed by atoms with Crippen LogP contribution in [0.15, 0.2) is 33.6 Å². The molecule has 1 aliphatic heterocycles. The Balaban J connectivity index is 2.23. The van der Waals surface area contributed by atoms with Crippen LogP contribution in [0.3, 0.4) is 0 Å². The van der Waals surface area contributed by atoms with Crippen LogP contribution in [0.25, 0.3) is 11.4 Å². The summed E-state index contributed by atoms with van der Waals surface area (Å²) in [5.41, 5.74) is 12.3. The summed E-state index contributed by atoms with van der Waals surface area (Å²) in [6.07, 6.45) is 2.36. The topological polar surface area (TPSA) is 236 Å². The number of sulfonamides is 2. The van der Waals surface area contributed by atoms with Crippen LogP contribution in [0, 0.1) is 0 Å².